The van der Waals surface area contributed by atoms with E-state index in [2.05, 4.69) is 0 Å². The number of nitrogens with two attached hydrogens (primary N) is 1. The number of hydrogen-bond donors (Lipinski definition) is 1. The molecule has 1 aromatic carbocycles. The first kappa shape index (κ1) is 19.6. The van der Waals surface area contributed by atoms with Crippen molar-refractivity contribution in [1.82, 2.24) is 0 Å². The Morgan fingerprint density at radius 1 is 0.913 bits per heavy atom. The van der Waals surface area contributed by atoms with Crippen molar-refractivity contribution >= 4 is 12.1 Å². The maximum Gasteiger partial charge on any atom is 0.147 e. The SMILES string of the molecule is NCCCCCCCCCCC(C=O)C(=O)Cc1ccccc1. The molecule has 0 aliphatic carbocycles. The van der Waals surface area contributed by atoms with E-state index < -0.39 is 5.92 Å². The molecular formula is C20H31NO2. The van der Waals surface area contributed by atoms with Crippen molar-refractivity contribution < 1.29 is 9.59 Å². The van der Waals surface area contributed by atoms with Crippen molar-refractivity contribution in [1.29, 1.82) is 0 Å². The molecule has 3 nitrogen and oxygen atoms in total. The molecule has 1 rings (SSSR count). The minimum Gasteiger partial charge on any atom is -0.330 e. The predicted octanol–water partition coefficient (Wildman–Crippen LogP) is 4.08. The highest BCUT2D eigenvalue weighted by atomic mass is 16.1. The number of unbranched alkanes of at least 4 members (excludes halogenated alkanes) is 7. The van der Waals surface area contributed by atoms with E-state index in [-0.39, 0.29) is 5.78 Å². The highest BCUT2D eigenvalue weighted by molar-refractivity contribution is 5.94. The Hall–Kier alpha value is -1.48. The van der Waals surface area contributed by atoms with E-state index in [9.17, 15) is 9.59 Å². The second-order valence-corrected chi connectivity index (χ2v) is 6.28. The van der Waals surface area contributed by atoms with Crippen molar-refractivity contribution in [3.63, 3.8) is 0 Å². The fourth-order valence-corrected chi connectivity index (χ4v) is 2.80. The zero-order valence-electron chi connectivity index (χ0n) is 14.2. The Morgan fingerprint density at radius 3 is 2.04 bits per heavy atom. The van der Waals surface area contributed by atoms with Gasteiger partial charge in [0.25, 0.3) is 0 Å². The largest absolute Gasteiger partial charge is 0.330 e. The molecule has 0 radical (unpaired) electrons. The molecule has 0 fully saturated rings. The first-order valence-corrected chi connectivity index (χ1v) is 9.00. The maximum absolute atomic E-state index is 12.2. The van der Waals surface area contributed by atoms with Crippen LogP contribution in [0.2, 0.25) is 0 Å². The van der Waals surface area contributed by atoms with Crippen LogP contribution in [0.25, 0.3) is 0 Å². The lowest BCUT2D eigenvalue weighted by Crippen LogP contribution is -2.18. The van der Waals surface area contributed by atoms with Crippen molar-refractivity contribution in [3.8, 4) is 0 Å². The van der Waals surface area contributed by atoms with Gasteiger partial charge in [0.05, 0.1) is 5.92 Å². The Balaban J connectivity index is 2.11. The summed E-state index contributed by atoms with van der Waals surface area (Å²) in [5.74, 6) is -0.382. The van der Waals surface area contributed by atoms with E-state index in [4.69, 9.17) is 5.73 Å². The Labute approximate surface area is 140 Å². The van der Waals surface area contributed by atoms with E-state index in [0.29, 0.717) is 12.8 Å². The summed E-state index contributed by atoms with van der Waals surface area (Å²) >= 11 is 0. The first-order valence-electron chi connectivity index (χ1n) is 9.00. The van der Waals surface area contributed by atoms with Gasteiger partial charge in [0.1, 0.15) is 12.1 Å². The number of carbonyl (C=O) groups excluding carboxylic acids is 2. The van der Waals surface area contributed by atoms with Crippen LogP contribution in [0.3, 0.4) is 0 Å². The van der Waals surface area contributed by atoms with Crippen LogP contribution in [0.4, 0.5) is 0 Å². The number of carbonyl (C=O) groups is 2. The van der Waals surface area contributed by atoms with Crippen LogP contribution in [0.5, 0.6) is 0 Å². The molecule has 0 aliphatic rings. The summed E-state index contributed by atoms with van der Waals surface area (Å²) < 4.78 is 0. The monoisotopic (exact) mass is 317 g/mol. The normalized spacial score (nSPS) is 12.0. The van der Waals surface area contributed by atoms with E-state index >= 15 is 0 Å². The van der Waals surface area contributed by atoms with E-state index in [1.165, 1.54) is 32.1 Å². The van der Waals surface area contributed by atoms with Gasteiger partial charge in [-0.15, -0.1) is 0 Å². The quantitative estimate of drug-likeness (QED) is 0.319. The summed E-state index contributed by atoms with van der Waals surface area (Å²) in [5, 5.41) is 0. The predicted molar refractivity (Wildman–Crippen MR) is 95.3 cm³/mol. The molecule has 0 bridgehead atoms. The van der Waals surface area contributed by atoms with Gasteiger partial charge in [0.2, 0.25) is 0 Å². The third-order valence-electron chi connectivity index (χ3n) is 4.27. The Morgan fingerprint density at radius 2 is 1.48 bits per heavy atom. The molecule has 0 saturated carbocycles. The average Bonchev–Trinajstić information content (AvgIpc) is 2.57. The number of hydrogen-bond acceptors (Lipinski definition) is 3. The molecule has 23 heavy (non-hydrogen) atoms. The minimum atomic E-state index is -0.431. The zero-order valence-corrected chi connectivity index (χ0v) is 14.2. The van der Waals surface area contributed by atoms with Gasteiger partial charge in [0.15, 0.2) is 0 Å². The van der Waals surface area contributed by atoms with Crippen molar-refractivity contribution in [2.45, 2.75) is 64.2 Å². The molecule has 128 valence electrons. The summed E-state index contributed by atoms with van der Waals surface area (Å²) in [6.07, 6.45) is 11.3. The van der Waals surface area contributed by atoms with Gasteiger partial charge in [-0.2, -0.15) is 0 Å². The molecule has 3 heteroatoms. The standard InChI is InChI=1S/C20H31NO2/c21-15-11-6-4-2-1-3-5-10-14-19(17-22)20(23)16-18-12-8-7-9-13-18/h7-9,12-13,17,19H,1-6,10-11,14-16,21H2. The molecule has 0 aliphatic heterocycles. The molecule has 2 N–H and O–H groups in total. The number of Topliss-reactive ketones (excluding diaryl/α,β-unsaturated/α-hetero) is 1. The second kappa shape index (κ2) is 13.0. The Kier molecular flexibility index (Phi) is 11.1. The summed E-state index contributed by atoms with van der Waals surface area (Å²) in [5.41, 5.74) is 6.46. The number of benzene rings is 1. The highest BCUT2D eigenvalue weighted by Gasteiger charge is 2.17. The van der Waals surface area contributed by atoms with E-state index in [1.807, 2.05) is 30.3 Å². The molecule has 0 amide bonds. The molecule has 1 aromatic rings. The molecule has 1 unspecified atom stereocenters. The van der Waals surface area contributed by atoms with E-state index in [0.717, 1.165) is 37.7 Å². The second-order valence-electron chi connectivity index (χ2n) is 6.28. The maximum atomic E-state index is 12.2. The van der Waals surface area contributed by atoms with Crippen LogP contribution in [0.1, 0.15) is 63.4 Å². The smallest absolute Gasteiger partial charge is 0.147 e. The van der Waals surface area contributed by atoms with Gasteiger partial charge in [-0.05, 0) is 24.9 Å². The summed E-state index contributed by atoms with van der Waals surface area (Å²) in [7, 11) is 0. The third-order valence-corrected chi connectivity index (χ3v) is 4.27. The molecule has 0 heterocycles. The summed E-state index contributed by atoms with van der Waals surface area (Å²) in [6, 6.07) is 9.65. The third kappa shape index (κ3) is 9.29. The fourth-order valence-electron chi connectivity index (χ4n) is 2.80. The van der Waals surface area contributed by atoms with Gasteiger partial charge in [-0.1, -0.05) is 75.3 Å². The Bertz CT molecular complexity index is 431. The summed E-state index contributed by atoms with van der Waals surface area (Å²) in [4.78, 5) is 23.3. The van der Waals surface area contributed by atoms with Gasteiger partial charge in [-0.25, -0.2) is 0 Å². The summed E-state index contributed by atoms with van der Waals surface area (Å²) in [6.45, 7) is 0.796. The lowest BCUT2D eigenvalue weighted by molar-refractivity contribution is -0.127. The van der Waals surface area contributed by atoms with Gasteiger partial charge >= 0.3 is 0 Å². The lowest BCUT2D eigenvalue weighted by Gasteiger charge is -2.09. The van der Waals surface area contributed by atoms with Crippen LogP contribution in [0.15, 0.2) is 30.3 Å². The van der Waals surface area contributed by atoms with Crippen molar-refractivity contribution in [2.75, 3.05) is 6.54 Å². The van der Waals surface area contributed by atoms with Crippen LogP contribution in [0, 0.1) is 5.92 Å². The fraction of sp³-hybridized carbons (Fsp3) is 0.600. The highest BCUT2D eigenvalue weighted by Crippen LogP contribution is 2.14. The van der Waals surface area contributed by atoms with Crippen LogP contribution in [-0.4, -0.2) is 18.6 Å². The topological polar surface area (TPSA) is 60.2 Å². The van der Waals surface area contributed by atoms with Crippen LogP contribution in [-0.2, 0) is 16.0 Å². The molecular weight excluding hydrogens is 286 g/mol. The van der Waals surface area contributed by atoms with Crippen molar-refractivity contribution in [3.05, 3.63) is 35.9 Å². The molecule has 0 aromatic heterocycles. The molecule has 1 atom stereocenters. The van der Waals surface area contributed by atoms with Crippen LogP contribution >= 0.6 is 0 Å². The zero-order chi connectivity index (χ0) is 16.8. The van der Waals surface area contributed by atoms with Gasteiger partial charge < -0.3 is 10.5 Å². The number of aldehydes is 1. The van der Waals surface area contributed by atoms with Crippen LogP contribution < -0.4 is 5.73 Å². The molecule has 0 spiro atoms. The van der Waals surface area contributed by atoms with E-state index in [1.54, 1.807) is 0 Å². The average molecular weight is 317 g/mol. The minimum absolute atomic E-state index is 0.0491. The number of rotatable bonds is 14. The van der Waals surface area contributed by atoms with Gasteiger partial charge in [0, 0.05) is 6.42 Å². The number of ketones is 1. The molecule has 0 saturated heterocycles. The first-order chi connectivity index (χ1) is 11.3. The lowest BCUT2D eigenvalue weighted by atomic mass is 9.93. The van der Waals surface area contributed by atoms with Gasteiger partial charge in [-0.3, -0.25) is 4.79 Å². The van der Waals surface area contributed by atoms with Crippen molar-refractivity contribution in [2.24, 2.45) is 11.7 Å².